The van der Waals surface area contributed by atoms with Crippen LogP contribution in [0.15, 0.2) is 70.5 Å². The maximum absolute atomic E-state index is 12.2. The fraction of sp³-hybridized carbons (Fsp3) is 0.0952. The van der Waals surface area contributed by atoms with E-state index >= 15 is 0 Å². The number of carbonyl (C=O) groups excluding carboxylic acids is 3. The molecule has 29 heavy (non-hydrogen) atoms. The molecule has 6 nitrogen and oxygen atoms in total. The average Bonchev–Trinajstić information content (AvgIpc) is 3.16. The van der Waals surface area contributed by atoms with Crippen LogP contribution in [-0.4, -0.2) is 23.8 Å². The normalized spacial score (nSPS) is 11.4. The molecule has 2 aromatic carbocycles. The van der Waals surface area contributed by atoms with Crippen molar-refractivity contribution in [2.45, 2.75) is 13.0 Å². The van der Waals surface area contributed by atoms with Gasteiger partial charge >= 0.3 is 5.97 Å². The highest BCUT2D eigenvalue weighted by molar-refractivity contribution is 9.11. The predicted molar refractivity (Wildman–Crippen MR) is 115 cm³/mol. The van der Waals surface area contributed by atoms with Gasteiger partial charge in [0.15, 0.2) is 0 Å². The number of rotatable bonds is 6. The third-order valence-corrected chi connectivity index (χ3v) is 5.49. The van der Waals surface area contributed by atoms with Crippen LogP contribution in [0.5, 0.6) is 5.75 Å². The van der Waals surface area contributed by atoms with Gasteiger partial charge in [0.05, 0.1) is 8.66 Å². The summed E-state index contributed by atoms with van der Waals surface area (Å²) < 4.78 is 6.12. The van der Waals surface area contributed by atoms with Gasteiger partial charge in [-0.2, -0.15) is 0 Å². The number of benzene rings is 2. The van der Waals surface area contributed by atoms with E-state index in [1.807, 2.05) is 6.07 Å². The highest BCUT2D eigenvalue weighted by Crippen LogP contribution is 2.22. The number of esters is 1. The van der Waals surface area contributed by atoms with Crippen molar-refractivity contribution in [3.8, 4) is 5.75 Å². The molecule has 148 valence electrons. The minimum Gasteiger partial charge on any atom is -0.425 e. The number of amides is 2. The second kappa shape index (κ2) is 9.49. The fourth-order valence-electron chi connectivity index (χ4n) is 2.37. The topological polar surface area (TPSA) is 84.5 Å². The first-order chi connectivity index (χ1) is 13.9. The van der Waals surface area contributed by atoms with Crippen molar-refractivity contribution >= 4 is 50.7 Å². The summed E-state index contributed by atoms with van der Waals surface area (Å²) in [4.78, 5) is 37.0. The van der Waals surface area contributed by atoms with Crippen molar-refractivity contribution in [2.24, 2.45) is 0 Å². The molecule has 0 spiro atoms. The van der Waals surface area contributed by atoms with E-state index in [0.717, 1.165) is 3.79 Å². The summed E-state index contributed by atoms with van der Waals surface area (Å²) in [6.07, 6.45) is 0. The molecule has 0 saturated carbocycles. The highest BCUT2D eigenvalue weighted by atomic mass is 79.9. The maximum atomic E-state index is 12.2. The van der Waals surface area contributed by atoms with Crippen LogP contribution in [-0.2, 0) is 4.79 Å². The molecular formula is C21H17BrN2O4S. The molecule has 3 aromatic rings. The van der Waals surface area contributed by atoms with Crippen LogP contribution in [0, 0.1) is 0 Å². The minimum atomic E-state index is -0.819. The molecule has 0 saturated heterocycles. The van der Waals surface area contributed by atoms with E-state index in [1.165, 1.54) is 11.3 Å². The maximum Gasteiger partial charge on any atom is 0.333 e. The number of anilines is 1. The van der Waals surface area contributed by atoms with Crippen molar-refractivity contribution in [2.75, 3.05) is 5.32 Å². The standard InChI is InChI=1S/C21H17BrN2O4S/c1-13(23-20(26)17-11-12-18(22)29-17)21(27)28-16-9-7-15(8-10-16)24-19(25)14-5-3-2-4-6-14/h2-13H,1H3,(H,23,26)(H,24,25). The van der Waals surface area contributed by atoms with E-state index < -0.39 is 12.0 Å². The molecule has 2 amide bonds. The van der Waals surface area contributed by atoms with Crippen LogP contribution in [0.4, 0.5) is 5.69 Å². The Morgan fingerprint density at radius 3 is 2.24 bits per heavy atom. The number of hydrogen-bond acceptors (Lipinski definition) is 5. The van der Waals surface area contributed by atoms with Crippen molar-refractivity contribution in [1.82, 2.24) is 5.32 Å². The number of thiophene rings is 1. The third kappa shape index (κ3) is 5.75. The molecule has 2 N–H and O–H groups in total. The molecule has 0 aliphatic rings. The Morgan fingerprint density at radius 1 is 0.931 bits per heavy atom. The van der Waals surface area contributed by atoms with Gasteiger partial charge in [0.2, 0.25) is 0 Å². The summed E-state index contributed by atoms with van der Waals surface area (Å²) in [5.41, 5.74) is 1.12. The molecule has 0 radical (unpaired) electrons. The van der Waals surface area contributed by atoms with Gasteiger partial charge in [-0.1, -0.05) is 18.2 Å². The highest BCUT2D eigenvalue weighted by Gasteiger charge is 2.19. The zero-order valence-electron chi connectivity index (χ0n) is 15.3. The number of halogens is 1. The lowest BCUT2D eigenvalue weighted by Gasteiger charge is -2.13. The smallest absolute Gasteiger partial charge is 0.333 e. The van der Waals surface area contributed by atoms with Gasteiger partial charge in [0, 0.05) is 11.3 Å². The van der Waals surface area contributed by atoms with Gasteiger partial charge in [-0.15, -0.1) is 11.3 Å². The molecule has 0 aliphatic carbocycles. The molecule has 3 rings (SSSR count). The molecular weight excluding hydrogens is 456 g/mol. The SMILES string of the molecule is CC(NC(=O)c1ccc(Br)s1)C(=O)Oc1ccc(NC(=O)c2ccccc2)cc1. The van der Waals surface area contributed by atoms with E-state index in [1.54, 1.807) is 67.6 Å². The Kier molecular flexibility index (Phi) is 6.79. The lowest BCUT2D eigenvalue weighted by Crippen LogP contribution is -2.40. The first-order valence-corrected chi connectivity index (χ1v) is 10.3. The monoisotopic (exact) mass is 472 g/mol. The Bertz CT molecular complexity index is 1020. The van der Waals surface area contributed by atoms with E-state index in [4.69, 9.17) is 4.74 Å². The van der Waals surface area contributed by atoms with Crippen molar-refractivity contribution in [3.05, 3.63) is 81.0 Å². The Balaban J connectivity index is 1.54. The van der Waals surface area contributed by atoms with Crippen LogP contribution in [0.25, 0.3) is 0 Å². The summed E-state index contributed by atoms with van der Waals surface area (Å²) in [6.45, 7) is 1.55. The second-order valence-electron chi connectivity index (χ2n) is 6.06. The number of ether oxygens (including phenoxy) is 1. The number of nitrogens with one attached hydrogen (secondary N) is 2. The molecule has 8 heteroatoms. The molecule has 0 aliphatic heterocycles. The average molecular weight is 473 g/mol. The van der Waals surface area contributed by atoms with Crippen LogP contribution in [0.1, 0.15) is 27.0 Å². The Labute approximate surface area is 180 Å². The van der Waals surface area contributed by atoms with Gasteiger partial charge in [0.1, 0.15) is 11.8 Å². The van der Waals surface area contributed by atoms with Gasteiger partial charge in [-0.05, 0) is 71.4 Å². The summed E-state index contributed by atoms with van der Waals surface area (Å²) in [7, 11) is 0. The first kappa shape index (κ1) is 20.8. The number of carbonyl (C=O) groups is 3. The van der Waals surface area contributed by atoms with Gasteiger partial charge in [-0.3, -0.25) is 9.59 Å². The Hall–Kier alpha value is -2.97. The summed E-state index contributed by atoms with van der Waals surface area (Å²) >= 11 is 4.57. The van der Waals surface area contributed by atoms with E-state index in [9.17, 15) is 14.4 Å². The largest absolute Gasteiger partial charge is 0.425 e. The summed E-state index contributed by atoms with van der Waals surface area (Å²) in [6, 6.07) is 17.9. The summed E-state index contributed by atoms with van der Waals surface area (Å²) in [5, 5.41) is 5.37. The van der Waals surface area contributed by atoms with Gasteiger partial charge in [-0.25, -0.2) is 4.79 Å². The van der Waals surface area contributed by atoms with Crippen molar-refractivity contribution in [3.63, 3.8) is 0 Å². The third-order valence-electron chi connectivity index (χ3n) is 3.86. The first-order valence-electron chi connectivity index (χ1n) is 8.67. The second-order valence-corrected chi connectivity index (χ2v) is 8.53. The molecule has 0 bridgehead atoms. The molecule has 1 heterocycles. The lowest BCUT2D eigenvalue weighted by atomic mass is 10.2. The van der Waals surface area contributed by atoms with Crippen LogP contribution in [0.3, 0.4) is 0 Å². The van der Waals surface area contributed by atoms with E-state index in [2.05, 4.69) is 26.6 Å². The molecule has 1 unspecified atom stereocenters. The number of hydrogen-bond donors (Lipinski definition) is 2. The van der Waals surface area contributed by atoms with Crippen LogP contribution >= 0.6 is 27.3 Å². The predicted octanol–water partition coefficient (Wildman–Crippen LogP) is 4.49. The fourth-order valence-corrected chi connectivity index (χ4v) is 3.66. The molecule has 0 fully saturated rings. The van der Waals surface area contributed by atoms with Crippen molar-refractivity contribution < 1.29 is 19.1 Å². The molecule has 1 aromatic heterocycles. The van der Waals surface area contributed by atoms with Crippen LogP contribution < -0.4 is 15.4 Å². The summed E-state index contributed by atoms with van der Waals surface area (Å²) in [5.74, 6) is -0.848. The molecule has 1 atom stereocenters. The minimum absolute atomic E-state index is 0.230. The lowest BCUT2D eigenvalue weighted by molar-refractivity contribution is -0.136. The van der Waals surface area contributed by atoms with Crippen LogP contribution in [0.2, 0.25) is 0 Å². The van der Waals surface area contributed by atoms with Crippen molar-refractivity contribution in [1.29, 1.82) is 0 Å². The quantitative estimate of drug-likeness (QED) is 0.408. The van der Waals surface area contributed by atoms with Gasteiger partial charge in [0.25, 0.3) is 11.8 Å². The van der Waals surface area contributed by atoms with E-state index in [-0.39, 0.29) is 11.8 Å². The Morgan fingerprint density at radius 2 is 1.62 bits per heavy atom. The zero-order valence-corrected chi connectivity index (χ0v) is 17.7. The van der Waals surface area contributed by atoms with E-state index in [0.29, 0.717) is 21.9 Å². The van der Waals surface area contributed by atoms with Gasteiger partial charge < -0.3 is 15.4 Å². The zero-order chi connectivity index (χ0) is 20.8.